The Bertz CT molecular complexity index is 969. The minimum absolute atomic E-state index is 0.0781. The van der Waals surface area contributed by atoms with Gasteiger partial charge in [-0.3, -0.25) is 14.4 Å². The van der Waals surface area contributed by atoms with Gasteiger partial charge < -0.3 is 14.2 Å². The fourth-order valence-electron chi connectivity index (χ4n) is 6.88. The van der Waals surface area contributed by atoms with Crippen molar-refractivity contribution in [1.82, 2.24) is 0 Å². The molecule has 0 aromatic rings. The largest absolute Gasteiger partial charge is 0.462 e. The molecule has 332 valence electrons. The molecule has 0 amide bonds. The standard InChI is InChI=1S/C51H92O6/c1-4-7-10-13-15-17-19-21-23-25-26-28-29-31-33-35-38-41-44-50(53)56-47-48(46-55-49(52)43-40-37-12-9-6-3)57-51(54)45-42-39-36-34-32-30-27-24-22-20-18-16-14-11-8-5-2/h17,19,23-25,27,48H,4-16,18,20-22,26,28-47H2,1-3H3/b19-17-,25-23-,27-24-. The summed E-state index contributed by atoms with van der Waals surface area (Å²) in [6.45, 7) is 6.53. The van der Waals surface area contributed by atoms with Crippen LogP contribution in [0.2, 0.25) is 0 Å². The summed E-state index contributed by atoms with van der Waals surface area (Å²) in [4.78, 5) is 37.6. The summed E-state index contributed by atoms with van der Waals surface area (Å²) < 4.78 is 16.6. The second-order valence-corrected chi connectivity index (χ2v) is 16.4. The molecule has 0 heterocycles. The number of rotatable bonds is 44. The summed E-state index contributed by atoms with van der Waals surface area (Å²) in [6.07, 6.45) is 53.0. The third-order valence-electron chi connectivity index (χ3n) is 10.6. The van der Waals surface area contributed by atoms with Gasteiger partial charge in [0.1, 0.15) is 13.2 Å². The average molecular weight is 801 g/mol. The maximum absolute atomic E-state index is 12.7. The predicted molar refractivity (Wildman–Crippen MR) is 242 cm³/mol. The van der Waals surface area contributed by atoms with Crippen molar-refractivity contribution < 1.29 is 28.6 Å². The lowest BCUT2D eigenvalue weighted by Gasteiger charge is -2.18. The van der Waals surface area contributed by atoms with Crippen molar-refractivity contribution >= 4 is 17.9 Å². The molecule has 57 heavy (non-hydrogen) atoms. The normalized spacial score (nSPS) is 12.3. The Labute approximate surface area is 353 Å². The summed E-state index contributed by atoms with van der Waals surface area (Å²) >= 11 is 0. The lowest BCUT2D eigenvalue weighted by atomic mass is 10.1. The van der Waals surface area contributed by atoms with E-state index in [1.54, 1.807) is 0 Å². The number of hydrogen-bond acceptors (Lipinski definition) is 6. The first kappa shape index (κ1) is 54.6. The van der Waals surface area contributed by atoms with Crippen LogP contribution in [-0.2, 0) is 28.6 Å². The van der Waals surface area contributed by atoms with Crippen LogP contribution in [0.15, 0.2) is 36.5 Å². The molecule has 0 saturated heterocycles. The summed E-state index contributed by atoms with van der Waals surface area (Å²) in [5.41, 5.74) is 0. The molecule has 1 atom stereocenters. The second kappa shape index (κ2) is 46.3. The van der Waals surface area contributed by atoms with Crippen molar-refractivity contribution in [2.24, 2.45) is 0 Å². The first-order chi connectivity index (χ1) is 28.0. The van der Waals surface area contributed by atoms with E-state index in [1.165, 1.54) is 128 Å². The van der Waals surface area contributed by atoms with Crippen LogP contribution in [-0.4, -0.2) is 37.2 Å². The van der Waals surface area contributed by atoms with Crippen molar-refractivity contribution in [2.75, 3.05) is 13.2 Å². The molecule has 0 aliphatic rings. The van der Waals surface area contributed by atoms with E-state index in [4.69, 9.17) is 14.2 Å². The molecular formula is C51H92O6. The van der Waals surface area contributed by atoms with E-state index in [2.05, 4.69) is 57.2 Å². The molecule has 0 fully saturated rings. The molecule has 0 aromatic carbocycles. The van der Waals surface area contributed by atoms with Crippen LogP contribution in [0, 0.1) is 0 Å². The Morgan fingerprint density at radius 1 is 0.351 bits per heavy atom. The van der Waals surface area contributed by atoms with E-state index < -0.39 is 6.10 Å². The quantitative estimate of drug-likeness (QED) is 0.0264. The maximum atomic E-state index is 12.7. The summed E-state index contributed by atoms with van der Waals surface area (Å²) in [6, 6.07) is 0. The van der Waals surface area contributed by atoms with Crippen LogP contribution in [0.3, 0.4) is 0 Å². The van der Waals surface area contributed by atoms with Crippen molar-refractivity contribution in [3.05, 3.63) is 36.5 Å². The summed E-state index contributed by atoms with van der Waals surface area (Å²) in [5.74, 6) is -0.903. The Morgan fingerprint density at radius 2 is 0.632 bits per heavy atom. The molecule has 6 nitrogen and oxygen atoms in total. The van der Waals surface area contributed by atoms with Gasteiger partial charge in [-0.2, -0.15) is 0 Å². The van der Waals surface area contributed by atoms with Gasteiger partial charge >= 0.3 is 17.9 Å². The number of esters is 3. The molecule has 0 rings (SSSR count). The predicted octanol–water partition coefficient (Wildman–Crippen LogP) is 15.8. The van der Waals surface area contributed by atoms with E-state index in [0.29, 0.717) is 19.3 Å². The molecule has 0 saturated carbocycles. The molecule has 0 spiro atoms. The Balaban J connectivity index is 4.20. The lowest BCUT2D eigenvalue weighted by Crippen LogP contribution is -2.30. The fourth-order valence-corrected chi connectivity index (χ4v) is 6.88. The first-order valence-corrected chi connectivity index (χ1v) is 24.5. The smallest absolute Gasteiger partial charge is 0.306 e. The van der Waals surface area contributed by atoms with Crippen LogP contribution in [0.5, 0.6) is 0 Å². The Hall–Kier alpha value is -2.37. The molecule has 0 bridgehead atoms. The highest BCUT2D eigenvalue weighted by Gasteiger charge is 2.19. The van der Waals surface area contributed by atoms with Gasteiger partial charge in [-0.15, -0.1) is 0 Å². The third-order valence-corrected chi connectivity index (χ3v) is 10.6. The van der Waals surface area contributed by atoms with Gasteiger partial charge in [-0.1, -0.05) is 192 Å². The molecule has 0 N–H and O–H groups in total. The van der Waals surface area contributed by atoms with E-state index in [-0.39, 0.29) is 31.1 Å². The highest BCUT2D eigenvalue weighted by molar-refractivity contribution is 5.71. The zero-order chi connectivity index (χ0) is 41.5. The van der Waals surface area contributed by atoms with Gasteiger partial charge in [0, 0.05) is 19.3 Å². The number of carbonyl (C=O) groups is 3. The van der Waals surface area contributed by atoms with E-state index in [9.17, 15) is 14.4 Å². The van der Waals surface area contributed by atoms with E-state index >= 15 is 0 Å². The fraction of sp³-hybridized carbons (Fsp3) is 0.824. The molecule has 0 aromatic heterocycles. The van der Waals surface area contributed by atoms with Crippen molar-refractivity contribution in [3.8, 4) is 0 Å². The monoisotopic (exact) mass is 801 g/mol. The molecular weight excluding hydrogens is 709 g/mol. The van der Waals surface area contributed by atoms with Crippen LogP contribution in [0.4, 0.5) is 0 Å². The van der Waals surface area contributed by atoms with Gasteiger partial charge in [0.25, 0.3) is 0 Å². The molecule has 0 radical (unpaired) electrons. The van der Waals surface area contributed by atoms with Crippen molar-refractivity contribution in [2.45, 2.75) is 258 Å². The Morgan fingerprint density at radius 3 is 1.00 bits per heavy atom. The molecule has 0 aliphatic carbocycles. The minimum Gasteiger partial charge on any atom is -0.462 e. The van der Waals surface area contributed by atoms with Gasteiger partial charge in [-0.25, -0.2) is 0 Å². The van der Waals surface area contributed by atoms with Crippen LogP contribution < -0.4 is 0 Å². The number of hydrogen-bond donors (Lipinski definition) is 0. The topological polar surface area (TPSA) is 78.9 Å². The summed E-state index contributed by atoms with van der Waals surface area (Å²) in [7, 11) is 0. The zero-order valence-corrected chi connectivity index (χ0v) is 37.9. The van der Waals surface area contributed by atoms with Crippen molar-refractivity contribution in [3.63, 3.8) is 0 Å². The van der Waals surface area contributed by atoms with Gasteiger partial charge in [0.05, 0.1) is 0 Å². The number of ether oxygens (including phenoxy) is 3. The average Bonchev–Trinajstić information content (AvgIpc) is 3.21. The molecule has 0 aliphatic heterocycles. The number of unbranched alkanes of at least 4 members (excludes halogenated alkanes) is 27. The van der Waals surface area contributed by atoms with E-state index in [0.717, 1.165) is 83.5 Å². The highest BCUT2D eigenvalue weighted by atomic mass is 16.6. The minimum atomic E-state index is -0.773. The van der Waals surface area contributed by atoms with Gasteiger partial charge in [0.2, 0.25) is 0 Å². The first-order valence-electron chi connectivity index (χ1n) is 24.5. The maximum Gasteiger partial charge on any atom is 0.306 e. The Kier molecular flexibility index (Phi) is 44.4. The van der Waals surface area contributed by atoms with Crippen LogP contribution in [0.1, 0.15) is 252 Å². The third kappa shape index (κ3) is 44.6. The van der Waals surface area contributed by atoms with Gasteiger partial charge in [-0.05, 0) is 77.0 Å². The summed E-state index contributed by atoms with van der Waals surface area (Å²) in [5, 5.41) is 0. The zero-order valence-electron chi connectivity index (χ0n) is 37.9. The highest BCUT2D eigenvalue weighted by Crippen LogP contribution is 2.14. The van der Waals surface area contributed by atoms with Crippen molar-refractivity contribution in [1.29, 1.82) is 0 Å². The molecule has 1 unspecified atom stereocenters. The number of allylic oxidation sites excluding steroid dienone is 6. The number of carbonyl (C=O) groups excluding carboxylic acids is 3. The SMILES string of the molecule is CCCCCC/C=C\C/C=C\CCCCCCCCCC(=O)OCC(COC(=O)CCCCCCC)OC(=O)CCCCCCC/C=C\CCCCCCCCC. The van der Waals surface area contributed by atoms with E-state index in [1.807, 2.05) is 0 Å². The molecule has 6 heteroatoms. The van der Waals surface area contributed by atoms with Crippen LogP contribution >= 0.6 is 0 Å². The van der Waals surface area contributed by atoms with Crippen LogP contribution in [0.25, 0.3) is 0 Å². The lowest BCUT2D eigenvalue weighted by molar-refractivity contribution is -0.167. The van der Waals surface area contributed by atoms with Gasteiger partial charge in [0.15, 0.2) is 6.10 Å². The second-order valence-electron chi connectivity index (χ2n) is 16.4.